The van der Waals surface area contributed by atoms with E-state index in [4.69, 9.17) is 4.74 Å². The first-order chi connectivity index (χ1) is 9.47. The van der Waals surface area contributed by atoms with Gasteiger partial charge in [-0.2, -0.15) is 0 Å². The third-order valence-electron chi connectivity index (χ3n) is 3.30. The second-order valence-corrected chi connectivity index (χ2v) is 5.23. The van der Waals surface area contributed by atoms with E-state index in [1.54, 1.807) is 25.1 Å². The fourth-order valence-electron chi connectivity index (χ4n) is 2.18. The molecule has 1 rings (SSSR count). The summed E-state index contributed by atoms with van der Waals surface area (Å²) in [5, 5.41) is 3.21. The fourth-order valence-corrected chi connectivity index (χ4v) is 2.18. The van der Waals surface area contributed by atoms with Gasteiger partial charge in [-0.15, -0.1) is 0 Å². The summed E-state index contributed by atoms with van der Waals surface area (Å²) in [6, 6.07) is 6.37. The molecule has 1 atom stereocenters. The lowest BCUT2D eigenvalue weighted by molar-refractivity contribution is -0.152. The summed E-state index contributed by atoms with van der Waals surface area (Å²) in [6.45, 7) is 8.58. The molecule has 4 heteroatoms. The predicted molar refractivity (Wildman–Crippen MR) is 77.8 cm³/mol. The minimum atomic E-state index is -1.12. The van der Waals surface area contributed by atoms with Crippen LogP contribution in [0.5, 0.6) is 0 Å². The SMILES string of the molecule is CCOC(=O)C(CC)(NCC(C)C)c1ccccc1F. The molecule has 20 heavy (non-hydrogen) atoms. The topological polar surface area (TPSA) is 38.3 Å². The number of nitrogens with one attached hydrogen (secondary N) is 1. The van der Waals surface area contributed by atoms with Crippen molar-refractivity contribution in [3.8, 4) is 0 Å². The first-order valence-electron chi connectivity index (χ1n) is 7.15. The van der Waals surface area contributed by atoms with Crippen LogP contribution in [0.25, 0.3) is 0 Å². The van der Waals surface area contributed by atoms with Crippen molar-refractivity contribution in [2.45, 2.75) is 39.7 Å². The molecule has 1 unspecified atom stereocenters. The number of esters is 1. The molecule has 0 amide bonds. The van der Waals surface area contributed by atoms with Crippen LogP contribution in [-0.2, 0) is 15.1 Å². The summed E-state index contributed by atoms with van der Waals surface area (Å²) in [4.78, 5) is 12.4. The van der Waals surface area contributed by atoms with Crippen LogP contribution >= 0.6 is 0 Å². The Balaban J connectivity index is 3.23. The van der Waals surface area contributed by atoms with Crippen molar-refractivity contribution in [1.29, 1.82) is 0 Å². The van der Waals surface area contributed by atoms with Gasteiger partial charge in [-0.25, -0.2) is 9.18 Å². The second kappa shape index (κ2) is 7.39. The molecule has 0 heterocycles. The van der Waals surface area contributed by atoms with Crippen LogP contribution in [0.3, 0.4) is 0 Å². The van der Waals surface area contributed by atoms with Gasteiger partial charge in [0.1, 0.15) is 11.4 Å². The number of halogens is 1. The fraction of sp³-hybridized carbons (Fsp3) is 0.562. The maximum absolute atomic E-state index is 14.1. The Morgan fingerprint density at radius 2 is 2.00 bits per heavy atom. The Labute approximate surface area is 120 Å². The highest BCUT2D eigenvalue weighted by molar-refractivity contribution is 5.82. The van der Waals surface area contributed by atoms with Gasteiger partial charge in [-0.3, -0.25) is 5.32 Å². The molecule has 0 bridgehead atoms. The lowest BCUT2D eigenvalue weighted by Gasteiger charge is -2.33. The van der Waals surface area contributed by atoms with Gasteiger partial charge in [0.15, 0.2) is 0 Å². The van der Waals surface area contributed by atoms with E-state index in [9.17, 15) is 9.18 Å². The van der Waals surface area contributed by atoms with Crippen molar-refractivity contribution in [3.63, 3.8) is 0 Å². The smallest absolute Gasteiger partial charge is 0.331 e. The van der Waals surface area contributed by atoms with Crippen molar-refractivity contribution < 1.29 is 13.9 Å². The lowest BCUT2D eigenvalue weighted by atomic mass is 9.86. The Morgan fingerprint density at radius 3 is 2.50 bits per heavy atom. The molecule has 0 spiro atoms. The molecule has 0 fully saturated rings. The maximum Gasteiger partial charge on any atom is 0.331 e. The van der Waals surface area contributed by atoms with Crippen LogP contribution in [-0.4, -0.2) is 19.1 Å². The third kappa shape index (κ3) is 3.57. The van der Waals surface area contributed by atoms with Crippen molar-refractivity contribution >= 4 is 5.97 Å². The molecular formula is C16H24FNO2. The van der Waals surface area contributed by atoms with E-state index in [2.05, 4.69) is 5.32 Å². The van der Waals surface area contributed by atoms with E-state index in [0.717, 1.165) is 0 Å². The van der Waals surface area contributed by atoms with Gasteiger partial charge in [-0.1, -0.05) is 39.0 Å². The van der Waals surface area contributed by atoms with Gasteiger partial charge in [0.25, 0.3) is 0 Å². The third-order valence-corrected chi connectivity index (χ3v) is 3.30. The zero-order chi connectivity index (χ0) is 15.2. The molecule has 1 aromatic rings. The zero-order valence-electron chi connectivity index (χ0n) is 12.7. The van der Waals surface area contributed by atoms with Gasteiger partial charge in [0.2, 0.25) is 0 Å². The van der Waals surface area contributed by atoms with Crippen LogP contribution in [0.1, 0.15) is 39.7 Å². The van der Waals surface area contributed by atoms with Crippen LogP contribution in [0.4, 0.5) is 4.39 Å². The molecule has 1 aromatic carbocycles. The summed E-state index contributed by atoms with van der Waals surface area (Å²) in [6.07, 6.45) is 0.430. The van der Waals surface area contributed by atoms with Crippen LogP contribution in [0.2, 0.25) is 0 Å². The molecule has 0 aromatic heterocycles. The second-order valence-electron chi connectivity index (χ2n) is 5.23. The molecule has 0 saturated heterocycles. The van der Waals surface area contributed by atoms with Gasteiger partial charge < -0.3 is 4.74 Å². The first kappa shape index (κ1) is 16.6. The van der Waals surface area contributed by atoms with E-state index >= 15 is 0 Å². The first-order valence-corrected chi connectivity index (χ1v) is 7.15. The summed E-state index contributed by atoms with van der Waals surface area (Å²) in [5.41, 5.74) is -0.771. The van der Waals surface area contributed by atoms with E-state index < -0.39 is 17.3 Å². The van der Waals surface area contributed by atoms with E-state index in [1.807, 2.05) is 20.8 Å². The zero-order valence-corrected chi connectivity index (χ0v) is 12.7. The van der Waals surface area contributed by atoms with Crippen LogP contribution < -0.4 is 5.32 Å². The quantitative estimate of drug-likeness (QED) is 0.780. The number of rotatable bonds is 7. The molecule has 112 valence electrons. The largest absolute Gasteiger partial charge is 0.464 e. The van der Waals surface area contributed by atoms with Gasteiger partial charge in [0, 0.05) is 5.56 Å². The molecule has 0 aliphatic carbocycles. The molecule has 1 N–H and O–H groups in total. The number of carbonyl (C=O) groups excluding carboxylic acids is 1. The Morgan fingerprint density at radius 1 is 1.35 bits per heavy atom. The molecule has 0 aliphatic heterocycles. The molecule has 0 radical (unpaired) electrons. The van der Waals surface area contributed by atoms with Gasteiger partial charge in [-0.05, 0) is 31.9 Å². The van der Waals surface area contributed by atoms with Crippen molar-refractivity contribution in [2.75, 3.05) is 13.2 Å². The van der Waals surface area contributed by atoms with Gasteiger partial charge in [0.05, 0.1) is 6.61 Å². The Bertz CT molecular complexity index is 448. The van der Waals surface area contributed by atoms with E-state index in [1.165, 1.54) is 6.07 Å². The number of carbonyl (C=O) groups is 1. The van der Waals surface area contributed by atoms with E-state index in [-0.39, 0.29) is 6.61 Å². The van der Waals surface area contributed by atoms with Crippen LogP contribution in [0, 0.1) is 11.7 Å². The summed E-state index contributed by atoms with van der Waals surface area (Å²) < 4.78 is 19.3. The lowest BCUT2D eigenvalue weighted by Crippen LogP contribution is -2.51. The Hall–Kier alpha value is -1.42. The number of hydrogen-bond donors (Lipinski definition) is 1. The highest BCUT2D eigenvalue weighted by atomic mass is 19.1. The normalized spacial score (nSPS) is 14.1. The molecule has 3 nitrogen and oxygen atoms in total. The summed E-state index contributed by atoms with van der Waals surface area (Å²) in [7, 11) is 0. The molecule has 0 saturated carbocycles. The van der Waals surface area contributed by atoms with E-state index in [0.29, 0.717) is 24.4 Å². The summed E-state index contributed by atoms with van der Waals surface area (Å²) >= 11 is 0. The molecular weight excluding hydrogens is 257 g/mol. The standard InChI is InChI=1S/C16H24FNO2/c1-5-16(15(19)20-6-2,18-11-12(3)4)13-9-7-8-10-14(13)17/h7-10,12,18H,5-6,11H2,1-4H3. The monoisotopic (exact) mass is 281 g/mol. The van der Waals surface area contributed by atoms with Crippen LogP contribution in [0.15, 0.2) is 24.3 Å². The highest BCUT2D eigenvalue weighted by Crippen LogP contribution is 2.29. The maximum atomic E-state index is 14.1. The minimum absolute atomic E-state index is 0.276. The molecule has 0 aliphatic rings. The average molecular weight is 281 g/mol. The van der Waals surface area contributed by atoms with Crippen molar-refractivity contribution in [1.82, 2.24) is 5.32 Å². The van der Waals surface area contributed by atoms with Crippen molar-refractivity contribution in [3.05, 3.63) is 35.6 Å². The minimum Gasteiger partial charge on any atom is -0.464 e. The number of ether oxygens (including phenoxy) is 1. The number of benzene rings is 1. The summed E-state index contributed by atoms with van der Waals surface area (Å²) in [5.74, 6) is -0.464. The van der Waals surface area contributed by atoms with Gasteiger partial charge >= 0.3 is 5.97 Å². The van der Waals surface area contributed by atoms with Crippen molar-refractivity contribution in [2.24, 2.45) is 5.92 Å². The predicted octanol–water partition coefficient (Wildman–Crippen LogP) is 3.24. The Kier molecular flexibility index (Phi) is 6.14. The number of hydrogen-bond acceptors (Lipinski definition) is 3. The average Bonchev–Trinajstić information content (AvgIpc) is 2.41. The highest BCUT2D eigenvalue weighted by Gasteiger charge is 2.41.